The zero-order valence-corrected chi connectivity index (χ0v) is 12.5. The lowest BCUT2D eigenvalue weighted by molar-refractivity contribution is 0.396. The van der Waals surface area contributed by atoms with Crippen LogP contribution in [0.5, 0.6) is 5.75 Å². The zero-order chi connectivity index (χ0) is 14.1. The molecule has 0 unspecified atom stereocenters. The highest BCUT2D eigenvalue weighted by Crippen LogP contribution is 2.37. The second-order valence-electron chi connectivity index (χ2n) is 6.71. The van der Waals surface area contributed by atoms with Crippen molar-refractivity contribution in [1.29, 1.82) is 5.26 Å². The van der Waals surface area contributed by atoms with Crippen molar-refractivity contribution < 1.29 is 4.74 Å². The highest BCUT2D eigenvalue weighted by molar-refractivity contribution is 5.52. The van der Waals surface area contributed by atoms with Gasteiger partial charge in [-0.25, -0.2) is 0 Å². The Labute approximate surface area is 111 Å². The molecule has 0 saturated carbocycles. The molecule has 0 amide bonds. The molecule has 0 aliphatic heterocycles. The Kier molecular flexibility index (Phi) is 3.76. The number of nitrogens with zero attached hydrogens (tertiary/aromatic N) is 1. The summed E-state index contributed by atoms with van der Waals surface area (Å²) >= 11 is 0. The third kappa shape index (κ3) is 2.85. The summed E-state index contributed by atoms with van der Waals surface area (Å²) < 4.78 is 5.43. The Morgan fingerprint density at radius 3 is 1.78 bits per heavy atom. The summed E-state index contributed by atoms with van der Waals surface area (Å²) in [5.41, 5.74) is 2.88. The maximum Gasteiger partial charge on any atom is 0.123 e. The monoisotopic (exact) mass is 245 g/mol. The number of nitriles is 1. The summed E-state index contributed by atoms with van der Waals surface area (Å²) in [5, 5.41) is 9.29. The topological polar surface area (TPSA) is 33.0 Å². The van der Waals surface area contributed by atoms with E-state index in [4.69, 9.17) is 4.74 Å². The van der Waals surface area contributed by atoms with Gasteiger partial charge in [-0.3, -0.25) is 0 Å². The fourth-order valence-electron chi connectivity index (χ4n) is 2.05. The molecular weight excluding hydrogens is 222 g/mol. The predicted octanol–water partition coefficient (Wildman–Crippen LogP) is 4.16. The van der Waals surface area contributed by atoms with Gasteiger partial charge in [0.05, 0.1) is 18.7 Å². The van der Waals surface area contributed by atoms with Crippen molar-refractivity contribution in [3.8, 4) is 11.8 Å². The summed E-state index contributed by atoms with van der Waals surface area (Å²) in [6.07, 6.45) is 0. The minimum absolute atomic E-state index is 0.000666. The normalized spacial score (nSPS) is 12.1. The highest BCUT2D eigenvalue weighted by Gasteiger charge is 2.25. The van der Waals surface area contributed by atoms with Crippen molar-refractivity contribution in [3.05, 3.63) is 28.8 Å². The quantitative estimate of drug-likeness (QED) is 0.744. The molecule has 0 bridgehead atoms. The van der Waals surface area contributed by atoms with E-state index in [1.165, 1.54) is 0 Å². The van der Waals surface area contributed by atoms with E-state index in [2.05, 4.69) is 53.7 Å². The van der Waals surface area contributed by atoms with Crippen molar-refractivity contribution in [3.63, 3.8) is 0 Å². The molecule has 98 valence electrons. The number of hydrogen-bond acceptors (Lipinski definition) is 2. The Morgan fingerprint density at radius 1 is 0.944 bits per heavy atom. The third-order valence-electron chi connectivity index (χ3n) is 3.08. The van der Waals surface area contributed by atoms with Crippen LogP contribution in [0, 0.1) is 11.3 Å². The molecule has 0 radical (unpaired) electrons. The van der Waals surface area contributed by atoms with Gasteiger partial charge in [-0.2, -0.15) is 5.26 Å². The maximum absolute atomic E-state index is 9.29. The third-order valence-corrected chi connectivity index (χ3v) is 3.08. The second kappa shape index (κ2) is 4.65. The van der Waals surface area contributed by atoms with E-state index in [0.717, 1.165) is 16.9 Å². The fourth-order valence-corrected chi connectivity index (χ4v) is 2.05. The van der Waals surface area contributed by atoms with E-state index in [0.29, 0.717) is 5.56 Å². The summed E-state index contributed by atoms with van der Waals surface area (Å²) in [5.74, 6) is 0.798. The number of hydrogen-bond donors (Lipinski definition) is 0. The molecule has 0 aliphatic rings. The molecule has 18 heavy (non-hydrogen) atoms. The van der Waals surface area contributed by atoms with Crippen molar-refractivity contribution in [2.75, 3.05) is 7.11 Å². The lowest BCUT2D eigenvalue weighted by Crippen LogP contribution is -2.18. The maximum atomic E-state index is 9.29. The molecular formula is C16H23NO. The first-order chi connectivity index (χ1) is 8.11. The summed E-state index contributed by atoms with van der Waals surface area (Å²) in [7, 11) is 1.66. The average molecular weight is 245 g/mol. The van der Waals surface area contributed by atoms with Crippen molar-refractivity contribution in [2.24, 2.45) is 0 Å². The molecule has 1 aromatic carbocycles. The Balaban J connectivity index is 3.61. The fraction of sp³-hybridized carbons (Fsp3) is 0.562. The van der Waals surface area contributed by atoms with Gasteiger partial charge in [0.25, 0.3) is 0 Å². The molecule has 0 aromatic heterocycles. The minimum atomic E-state index is -0.0443. The number of benzene rings is 1. The number of ether oxygens (including phenoxy) is 1. The van der Waals surface area contributed by atoms with Crippen LogP contribution in [0.25, 0.3) is 0 Å². The molecule has 2 nitrogen and oxygen atoms in total. The van der Waals surface area contributed by atoms with Crippen LogP contribution in [0.15, 0.2) is 12.1 Å². The van der Waals surface area contributed by atoms with Crippen LogP contribution >= 0.6 is 0 Å². The van der Waals surface area contributed by atoms with Crippen molar-refractivity contribution >= 4 is 0 Å². The summed E-state index contributed by atoms with van der Waals surface area (Å²) in [4.78, 5) is 0. The van der Waals surface area contributed by atoms with Crippen LogP contribution in [0.2, 0.25) is 0 Å². The highest BCUT2D eigenvalue weighted by atomic mass is 16.5. The van der Waals surface area contributed by atoms with Crippen molar-refractivity contribution in [1.82, 2.24) is 0 Å². The average Bonchev–Trinajstić information content (AvgIpc) is 2.24. The smallest absolute Gasteiger partial charge is 0.123 e. The Bertz CT molecular complexity index is 482. The van der Waals surface area contributed by atoms with Gasteiger partial charge >= 0.3 is 0 Å². The standard InChI is InChI=1S/C16H23NO/c1-15(2,3)12-9-13(16(4,5)6)14(18-7)8-11(12)10-17/h8-9H,1-7H3. The van der Waals surface area contributed by atoms with Crippen molar-refractivity contribution in [2.45, 2.75) is 52.4 Å². The van der Waals surface area contributed by atoms with Gasteiger partial charge < -0.3 is 4.74 Å². The molecule has 1 aromatic rings. The largest absolute Gasteiger partial charge is 0.496 e. The van der Waals surface area contributed by atoms with E-state index >= 15 is 0 Å². The van der Waals surface area contributed by atoms with E-state index in [1.807, 2.05) is 6.07 Å². The second-order valence-corrected chi connectivity index (χ2v) is 6.71. The van der Waals surface area contributed by atoms with E-state index < -0.39 is 0 Å². The van der Waals surface area contributed by atoms with Gasteiger partial charge in [0.15, 0.2) is 0 Å². The molecule has 0 aliphatic carbocycles. The lowest BCUT2D eigenvalue weighted by Gasteiger charge is -2.27. The first-order valence-electron chi connectivity index (χ1n) is 6.24. The van der Waals surface area contributed by atoms with Gasteiger partial charge in [-0.1, -0.05) is 41.5 Å². The SMILES string of the molecule is COc1cc(C#N)c(C(C)(C)C)cc1C(C)(C)C. The van der Waals surface area contributed by atoms with E-state index in [-0.39, 0.29) is 10.8 Å². The molecule has 0 spiro atoms. The molecule has 0 saturated heterocycles. The molecule has 0 fully saturated rings. The first kappa shape index (κ1) is 14.6. The number of rotatable bonds is 1. The van der Waals surface area contributed by atoms with Crippen LogP contribution in [0.1, 0.15) is 58.2 Å². The first-order valence-corrected chi connectivity index (χ1v) is 6.24. The molecule has 0 atom stereocenters. The van der Waals surface area contributed by atoms with Gasteiger partial charge in [-0.05, 0) is 34.1 Å². The summed E-state index contributed by atoms with van der Waals surface area (Å²) in [6.45, 7) is 12.8. The summed E-state index contributed by atoms with van der Waals surface area (Å²) in [6, 6.07) is 6.26. The van der Waals surface area contributed by atoms with Crippen LogP contribution in [0.3, 0.4) is 0 Å². The van der Waals surface area contributed by atoms with Gasteiger partial charge in [0.1, 0.15) is 5.75 Å². The number of methoxy groups -OCH3 is 1. The van der Waals surface area contributed by atoms with Crippen LogP contribution < -0.4 is 4.74 Å². The predicted molar refractivity (Wildman–Crippen MR) is 75.1 cm³/mol. The zero-order valence-electron chi connectivity index (χ0n) is 12.5. The van der Waals surface area contributed by atoms with Crippen LogP contribution in [-0.2, 0) is 10.8 Å². The van der Waals surface area contributed by atoms with E-state index in [9.17, 15) is 5.26 Å². The van der Waals surface area contributed by atoms with Crippen LogP contribution in [-0.4, -0.2) is 7.11 Å². The molecule has 1 rings (SSSR count). The Morgan fingerprint density at radius 2 is 1.44 bits per heavy atom. The molecule has 0 N–H and O–H groups in total. The molecule has 2 heteroatoms. The lowest BCUT2D eigenvalue weighted by atomic mass is 9.78. The minimum Gasteiger partial charge on any atom is -0.496 e. The van der Waals surface area contributed by atoms with Gasteiger partial charge in [0.2, 0.25) is 0 Å². The van der Waals surface area contributed by atoms with Crippen LogP contribution in [0.4, 0.5) is 0 Å². The Hall–Kier alpha value is -1.49. The molecule has 0 heterocycles. The van der Waals surface area contributed by atoms with E-state index in [1.54, 1.807) is 7.11 Å². The van der Waals surface area contributed by atoms with Gasteiger partial charge in [-0.15, -0.1) is 0 Å². The van der Waals surface area contributed by atoms with Gasteiger partial charge in [0, 0.05) is 0 Å².